The van der Waals surface area contributed by atoms with Crippen molar-refractivity contribution in [2.75, 3.05) is 25.6 Å². The lowest BCUT2D eigenvalue weighted by atomic mass is 10.0. The lowest BCUT2D eigenvalue weighted by Crippen LogP contribution is -2.51. The van der Waals surface area contributed by atoms with Crippen LogP contribution in [0.1, 0.15) is 33.1 Å². The highest BCUT2D eigenvalue weighted by Crippen LogP contribution is 2.24. The zero-order valence-electron chi connectivity index (χ0n) is 14.0. The fourth-order valence-corrected chi connectivity index (χ4v) is 6.51. The van der Waals surface area contributed by atoms with Gasteiger partial charge in [0.25, 0.3) is 0 Å². The fourth-order valence-electron chi connectivity index (χ4n) is 3.15. The molecule has 0 saturated carbocycles. The van der Waals surface area contributed by atoms with Crippen molar-refractivity contribution in [1.29, 1.82) is 0 Å². The summed E-state index contributed by atoms with van der Waals surface area (Å²) in [4.78, 5) is 13.0. The molecule has 0 radical (unpaired) electrons. The second-order valence-corrected chi connectivity index (χ2v) is 10.5. The summed E-state index contributed by atoms with van der Waals surface area (Å²) < 4.78 is 48.5. The molecule has 1 aliphatic rings. The number of aliphatic carboxylic acids is 1. The average Bonchev–Trinajstić information content (AvgIpc) is 2.71. The SMILES string of the molecule is CC(C)CC(CN1CCC[C@H]1C(=O)O)N(S(C)(=O)=O)S(C)(=O)=O. The molecule has 1 fully saturated rings. The van der Waals surface area contributed by atoms with Gasteiger partial charge in [0.05, 0.1) is 18.6 Å². The number of sulfonamides is 2. The highest BCUT2D eigenvalue weighted by atomic mass is 32.3. The van der Waals surface area contributed by atoms with Gasteiger partial charge in [0, 0.05) is 6.54 Å². The van der Waals surface area contributed by atoms with Crippen LogP contribution in [0.4, 0.5) is 0 Å². The van der Waals surface area contributed by atoms with Crippen LogP contribution in [-0.4, -0.2) is 74.2 Å². The first-order valence-electron chi connectivity index (χ1n) is 7.50. The Balaban J connectivity index is 3.15. The summed E-state index contributed by atoms with van der Waals surface area (Å²) in [6, 6.07) is -1.49. The van der Waals surface area contributed by atoms with Gasteiger partial charge in [0.1, 0.15) is 6.04 Å². The number of hydrogen-bond donors (Lipinski definition) is 1. The summed E-state index contributed by atoms with van der Waals surface area (Å²) in [5, 5.41) is 9.25. The van der Waals surface area contributed by atoms with E-state index in [4.69, 9.17) is 0 Å². The van der Waals surface area contributed by atoms with Crippen LogP contribution in [0.3, 0.4) is 0 Å². The normalized spacial score (nSPS) is 21.9. The molecule has 0 amide bonds. The first-order valence-corrected chi connectivity index (χ1v) is 11.2. The number of hydrogen-bond acceptors (Lipinski definition) is 6. The van der Waals surface area contributed by atoms with E-state index in [2.05, 4.69) is 0 Å². The van der Waals surface area contributed by atoms with E-state index >= 15 is 0 Å². The Morgan fingerprint density at radius 2 is 1.74 bits per heavy atom. The van der Waals surface area contributed by atoms with Gasteiger partial charge in [0.15, 0.2) is 0 Å². The van der Waals surface area contributed by atoms with Crippen LogP contribution in [0.15, 0.2) is 0 Å². The largest absolute Gasteiger partial charge is 0.480 e. The molecule has 1 rings (SSSR count). The molecule has 8 nitrogen and oxygen atoms in total. The molecule has 23 heavy (non-hydrogen) atoms. The van der Waals surface area contributed by atoms with E-state index in [1.54, 1.807) is 4.90 Å². The molecular formula is C13H26N2O6S2. The van der Waals surface area contributed by atoms with Crippen LogP contribution in [0.2, 0.25) is 0 Å². The Kier molecular flexibility index (Phi) is 6.59. The van der Waals surface area contributed by atoms with Gasteiger partial charge >= 0.3 is 5.97 Å². The molecule has 1 aliphatic heterocycles. The molecule has 1 unspecified atom stereocenters. The van der Waals surface area contributed by atoms with Crippen molar-refractivity contribution < 1.29 is 26.7 Å². The maximum Gasteiger partial charge on any atom is 0.320 e. The lowest BCUT2D eigenvalue weighted by molar-refractivity contribution is -0.142. The van der Waals surface area contributed by atoms with E-state index < -0.39 is 38.1 Å². The third kappa shape index (κ3) is 5.70. The molecule has 136 valence electrons. The molecule has 0 bridgehead atoms. The van der Waals surface area contributed by atoms with Crippen molar-refractivity contribution in [3.63, 3.8) is 0 Å². The third-order valence-electron chi connectivity index (χ3n) is 3.79. The minimum Gasteiger partial charge on any atom is -0.480 e. The van der Waals surface area contributed by atoms with Gasteiger partial charge in [-0.1, -0.05) is 17.6 Å². The number of carboxylic acid groups (broad SMARTS) is 1. The average molecular weight is 370 g/mol. The molecule has 2 atom stereocenters. The Labute approximate surface area is 138 Å². The smallest absolute Gasteiger partial charge is 0.320 e. The predicted molar refractivity (Wildman–Crippen MR) is 87.0 cm³/mol. The Morgan fingerprint density at radius 3 is 2.13 bits per heavy atom. The van der Waals surface area contributed by atoms with Crippen LogP contribution in [0.25, 0.3) is 0 Å². The van der Waals surface area contributed by atoms with Gasteiger partial charge in [-0.2, -0.15) is 0 Å². The van der Waals surface area contributed by atoms with Gasteiger partial charge in [0.2, 0.25) is 20.0 Å². The Morgan fingerprint density at radius 1 is 1.22 bits per heavy atom. The fraction of sp³-hybridized carbons (Fsp3) is 0.923. The Bertz CT molecular complexity index is 597. The van der Waals surface area contributed by atoms with Crippen LogP contribution in [0.5, 0.6) is 0 Å². The second-order valence-electron chi connectivity index (χ2n) is 6.53. The van der Waals surface area contributed by atoms with E-state index in [-0.39, 0.29) is 12.5 Å². The highest BCUT2D eigenvalue weighted by molar-refractivity contribution is 8.03. The van der Waals surface area contributed by atoms with Gasteiger partial charge in [-0.15, -0.1) is 0 Å². The quantitative estimate of drug-likeness (QED) is 0.648. The monoisotopic (exact) mass is 370 g/mol. The third-order valence-corrected chi connectivity index (χ3v) is 7.32. The van der Waals surface area contributed by atoms with E-state index in [0.29, 0.717) is 29.5 Å². The zero-order valence-corrected chi connectivity index (χ0v) is 15.6. The van der Waals surface area contributed by atoms with E-state index in [0.717, 1.165) is 12.5 Å². The van der Waals surface area contributed by atoms with Crippen molar-refractivity contribution in [2.24, 2.45) is 5.92 Å². The second kappa shape index (κ2) is 7.45. The minimum atomic E-state index is -3.98. The first-order chi connectivity index (χ1) is 10.3. The molecule has 1 saturated heterocycles. The van der Waals surface area contributed by atoms with Crippen molar-refractivity contribution in [3.05, 3.63) is 0 Å². The van der Waals surface area contributed by atoms with Crippen molar-refractivity contribution in [2.45, 2.75) is 45.2 Å². The summed E-state index contributed by atoms with van der Waals surface area (Å²) in [5.41, 5.74) is 0. The molecule has 0 aromatic rings. The minimum absolute atomic E-state index is 0.0666. The van der Waals surface area contributed by atoms with Crippen molar-refractivity contribution in [3.8, 4) is 0 Å². The van der Waals surface area contributed by atoms with E-state index in [1.807, 2.05) is 13.8 Å². The maximum atomic E-state index is 12.0. The summed E-state index contributed by atoms with van der Waals surface area (Å²) in [6.07, 6.45) is 3.24. The van der Waals surface area contributed by atoms with E-state index in [1.165, 1.54) is 0 Å². The molecule has 0 aromatic heterocycles. The predicted octanol–water partition coefficient (Wildman–Crippen LogP) is 0.171. The maximum absolute atomic E-state index is 12.0. The summed E-state index contributed by atoms with van der Waals surface area (Å²) in [7, 11) is -7.95. The van der Waals surface area contributed by atoms with Crippen LogP contribution < -0.4 is 0 Å². The number of nitrogens with zero attached hydrogens (tertiary/aromatic N) is 2. The van der Waals surface area contributed by atoms with Crippen LogP contribution >= 0.6 is 0 Å². The number of likely N-dealkylation sites (tertiary alicyclic amines) is 1. The standard InChI is InChI=1S/C13H26N2O6S2/c1-10(2)8-11(15(22(3,18)19)23(4,20)21)9-14-7-5-6-12(14)13(16)17/h10-12H,5-9H2,1-4H3,(H,16,17)/t11?,12-/m0/s1. The molecule has 1 heterocycles. The van der Waals surface area contributed by atoms with Gasteiger partial charge < -0.3 is 5.11 Å². The lowest BCUT2D eigenvalue weighted by Gasteiger charge is -2.33. The summed E-state index contributed by atoms with van der Waals surface area (Å²) >= 11 is 0. The Hall–Kier alpha value is -0.710. The number of rotatable bonds is 8. The molecular weight excluding hydrogens is 344 g/mol. The molecule has 0 spiro atoms. The number of carboxylic acids is 1. The zero-order chi connectivity index (χ0) is 18.0. The molecule has 10 heteroatoms. The molecule has 0 aliphatic carbocycles. The van der Waals surface area contributed by atoms with Crippen LogP contribution in [0, 0.1) is 5.92 Å². The van der Waals surface area contributed by atoms with Crippen molar-refractivity contribution in [1.82, 2.24) is 8.61 Å². The topological polar surface area (TPSA) is 112 Å². The van der Waals surface area contributed by atoms with E-state index in [9.17, 15) is 26.7 Å². The van der Waals surface area contributed by atoms with Gasteiger partial charge in [-0.3, -0.25) is 9.69 Å². The van der Waals surface area contributed by atoms with Crippen molar-refractivity contribution >= 4 is 26.0 Å². The first kappa shape index (κ1) is 20.3. The molecule has 1 N–H and O–H groups in total. The van der Waals surface area contributed by atoms with Crippen LogP contribution in [-0.2, 0) is 24.8 Å². The van der Waals surface area contributed by atoms with Gasteiger partial charge in [-0.05, 0) is 31.7 Å². The summed E-state index contributed by atoms with van der Waals surface area (Å²) in [5.74, 6) is -0.895. The van der Waals surface area contributed by atoms with Gasteiger partial charge in [-0.25, -0.2) is 16.8 Å². The summed E-state index contributed by atoms with van der Waals surface area (Å²) in [6.45, 7) is 4.35. The molecule has 0 aromatic carbocycles. The number of carbonyl (C=O) groups is 1. The highest BCUT2D eigenvalue weighted by Gasteiger charge is 2.39.